The molecule has 1 aliphatic heterocycles. The molecule has 1 aliphatic rings. The summed E-state index contributed by atoms with van der Waals surface area (Å²) in [6.45, 7) is 13.8. The molecule has 0 amide bonds. The van der Waals surface area contributed by atoms with E-state index in [1.807, 2.05) is 25.7 Å². The molecule has 3 rings (SSSR count). The highest BCUT2D eigenvalue weighted by Gasteiger charge is 2.21. The number of nitrogens with one attached hydrogen (secondary N) is 2. The summed E-state index contributed by atoms with van der Waals surface area (Å²) in [6, 6.07) is 8.97. The lowest BCUT2D eigenvalue weighted by molar-refractivity contribution is 0.134. The summed E-state index contributed by atoms with van der Waals surface area (Å²) < 4.78 is 1.93. The van der Waals surface area contributed by atoms with Gasteiger partial charge in [0.05, 0.1) is 5.69 Å². The van der Waals surface area contributed by atoms with Crippen molar-refractivity contribution in [2.75, 3.05) is 20.1 Å². The van der Waals surface area contributed by atoms with Crippen LogP contribution < -0.4 is 10.6 Å². The average Bonchev–Trinajstić information content (AvgIpc) is 2.94. The Labute approximate surface area is 181 Å². The number of aryl methyl sites for hydroxylation is 2. The Morgan fingerprint density at radius 1 is 1.03 bits per heavy atom. The van der Waals surface area contributed by atoms with Crippen LogP contribution in [0.1, 0.15) is 48.3 Å². The number of piperidine rings is 1. The molecular weight excluding hydrogens is 372 g/mol. The summed E-state index contributed by atoms with van der Waals surface area (Å²) >= 11 is 0. The van der Waals surface area contributed by atoms with Crippen molar-refractivity contribution in [3.8, 4) is 0 Å². The van der Waals surface area contributed by atoms with Crippen LogP contribution in [0.5, 0.6) is 0 Å². The van der Waals surface area contributed by atoms with E-state index in [2.05, 4.69) is 70.7 Å². The van der Waals surface area contributed by atoms with Gasteiger partial charge in [-0.2, -0.15) is 5.10 Å². The SMILES string of the molecule is CN=C(NCc1ccc(CN2CC(C)CC(C)C2)cc1)NCc1c(C)nn(C)c1C. The van der Waals surface area contributed by atoms with E-state index in [9.17, 15) is 0 Å². The molecule has 0 spiro atoms. The molecule has 6 nitrogen and oxygen atoms in total. The lowest BCUT2D eigenvalue weighted by Gasteiger charge is -2.35. The normalized spacial score (nSPS) is 20.4. The van der Waals surface area contributed by atoms with Crippen LogP contribution in [0.3, 0.4) is 0 Å². The predicted molar refractivity (Wildman–Crippen MR) is 124 cm³/mol. The van der Waals surface area contributed by atoms with Crippen molar-refractivity contribution in [1.29, 1.82) is 0 Å². The highest BCUT2D eigenvalue weighted by molar-refractivity contribution is 5.79. The minimum atomic E-state index is 0.719. The molecule has 30 heavy (non-hydrogen) atoms. The van der Waals surface area contributed by atoms with Crippen LogP contribution in [0.25, 0.3) is 0 Å². The number of benzene rings is 1. The maximum atomic E-state index is 4.48. The molecule has 2 heterocycles. The van der Waals surface area contributed by atoms with Gasteiger partial charge in [0.2, 0.25) is 0 Å². The standard InChI is InChI=1S/C24H38N6/c1-17-11-18(2)15-30(14-17)16-22-9-7-21(8-10-22)12-26-24(25-5)27-13-23-19(3)28-29(6)20(23)4/h7-10,17-18H,11-16H2,1-6H3,(H2,25,26,27). The van der Waals surface area contributed by atoms with Gasteiger partial charge in [-0.1, -0.05) is 38.1 Å². The molecule has 2 N–H and O–H groups in total. The minimum absolute atomic E-state index is 0.719. The smallest absolute Gasteiger partial charge is 0.191 e. The van der Waals surface area contributed by atoms with Crippen molar-refractivity contribution in [3.63, 3.8) is 0 Å². The van der Waals surface area contributed by atoms with Crippen molar-refractivity contribution in [2.45, 2.75) is 53.8 Å². The molecule has 0 saturated carbocycles. The van der Waals surface area contributed by atoms with Gasteiger partial charge >= 0.3 is 0 Å². The van der Waals surface area contributed by atoms with E-state index < -0.39 is 0 Å². The Balaban J connectivity index is 1.48. The lowest BCUT2D eigenvalue weighted by Crippen LogP contribution is -2.38. The first kappa shape index (κ1) is 22.3. The number of hydrogen-bond acceptors (Lipinski definition) is 3. The van der Waals surface area contributed by atoms with Crippen LogP contribution in [0.2, 0.25) is 0 Å². The lowest BCUT2D eigenvalue weighted by atomic mass is 9.91. The first-order valence-corrected chi connectivity index (χ1v) is 11.1. The van der Waals surface area contributed by atoms with Crippen molar-refractivity contribution in [2.24, 2.45) is 23.9 Å². The van der Waals surface area contributed by atoms with Crippen LogP contribution in [-0.2, 0) is 26.7 Å². The monoisotopic (exact) mass is 410 g/mol. The number of nitrogens with zero attached hydrogens (tertiary/aromatic N) is 4. The number of rotatable bonds is 6. The highest BCUT2D eigenvalue weighted by atomic mass is 15.3. The third-order valence-electron chi connectivity index (χ3n) is 6.15. The molecule has 0 radical (unpaired) electrons. The molecular formula is C24H38N6. The Morgan fingerprint density at radius 3 is 2.20 bits per heavy atom. The molecule has 1 saturated heterocycles. The van der Waals surface area contributed by atoms with Gasteiger partial charge in [-0.25, -0.2) is 0 Å². The number of likely N-dealkylation sites (tertiary alicyclic amines) is 1. The Bertz CT molecular complexity index is 841. The first-order valence-electron chi connectivity index (χ1n) is 11.1. The average molecular weight is 411 g/mol. The second kappa shape index (κ2) is 10.1. The van der Waals surface area contributed by atoms with Gasteiger partial charge in [-0.3, -0.25) is 14.6 Å². The maximum absolute atomic E-state index is 4.48. The van der Waals surface area contributed by atoms with Gasteiger partial charge in [0, 0.05) is 58.1 Å². The third kappa shape index (κ3) is 5.85. The molecule has 0 bridgehead atoms. The van der Waals surface area contributed by atoms with E-state index in [1.54, 1.807) is 0 Å². The minimum Gasteiger partial charge on any atom is -0.352 e. The zero-order valence-electron chi connectivity index (χ0n) is 19.5. The zero-order chi connectivity index (χ0) is 21.7. The summed E-state index contributed by atoms with van der Waals surface area (Å²) in [4.78, 5) is 6.95. The van der Waals surface area contributed by atoms with E-state index in [0.717, 1.165) is 43.1 Å². The van der Waals surface area contributed by atoms with Crippen LogP contribution in [0.15, 0.2) is 29.3 Å². The summed E-state index contributed by atoms with van der Waals surface area (Å²) in [5, 5.41) is 11.3. The van der Waals surface area contributed by atoms with Crippen molar-refractivity contribution in [1.82, 2.24) is 25.3 Å². The second-order valence-electron chi connectivity index (χ2n) is 9.01. The van der Waals surface area contributed by atoms with E-state index in [0.29, 0.717) is 0 Å². The topological polar surface area (TPSA) is 57.5 Å². The molecule has 6 heteroatoms. The Hall–Kier alpha value is -2.34. The quantitative estimate of drug-likeness (QED) is 0.566. The summed E-state index contributed by atoms with van der Waals surface area (Å²) in [5.41, 5.74) is 6.13. The van der Waals surface area contributed by atoms with Gasteiger partial charge in [0.25, 0.3) is 0 Å². The number of hydrogen-bond donors (Lipinski definition) is 2. The van der Waals surface area contributed by atoms with Crippen LogP contribution in [0.4, 0.5) is 0 Å². The fraction of sp³-hybridized carbons (Fsp3) is 0.583. The zero-order valence-corrected chi connectivity index (χ0v) is 19.5. The van der Waals surface area contributed by atoms with Crippen molar-refractivity contribution in [3.05, 3.63) is 52.3 Å². The van der Waals surface area contributed by atoms with Gasteiger partial charge in [-0.05, 0) is 43.2 Å². The summed E-state index contributed by atoms with van der Waals surface area (Å²) in [6.07, 6.45) is 1.36. The van der Waals surface area contributed by atoms with Gasteiger partial charge in [0.1, 0.15) is 0 Å². The predicted octanol–water partition coefficient (Wildman–Crippen LogP) is 3.38. The molecule has 1 fully saturated rings. The van der Waals surface area contributed by atoms with Gasteiger partial charge in [-0.15, -0.1) is 0 Å². The molecule has 164 valence electrons. The van der Waals surface area contributed by atoms with E-state index in [4.69, 9.17) is 0 Å². The van der Waals surface area contributed by atoms with E-state index in [-0.39, 0.29) is 0 Å². The number of aromatic nitrogens is 2. The largest absolute Gasteiger partial charge is 0.352 e. The van der Waals surface area contributed by atoms with E-state index >= 15 is 0 Å². The van der Waals surface area contributed by atoms with Crippen molar-refractivity contribution < 1.29 is 0 Å². The van der Waals surface area contributed by atoms with E-state index in [1.165, 1.54) is 41.9 Å². The molecule has 2 unspecified atom stereocenters. The highest BCUT2D eigenvalue weighted by Crippen LogP contribution is 2.22. The van der Waals surface area contributed by atoms with Gasteiger partial charge in [0.15, 0.2) is 5.96 Å². The molecule has 2 atom stereocenters. The van der Waals surface area contributed by atoms with Crippen LogP contribution in [-0.4, -0.2) is 40.8 Å². The summed E-state index contributed by atoms with van der Waals surface area (Å²) in [7, 11) is 3.79. The van der Waals surface area contributed by atoms with Crippen LogP contribution in [0, 0.1) is 25.7 Å². The van der Waals surface area contributed by atoms with Crippen molar-refractivity contribution >= 4 is 5.96 Å². The first-order chi connectivity index (χ1) is 14.4. The molecule has 2 aromatic rings. The Morgan fingerprint density at radius 2 is 1.63 bits per heavy atom. The molecule has 1 aromatic carbocycles. The van der Waals surface area contributed by atoms with Crippen LogP contribution >= 0.6 is 0 Å². The Kier molecular flexibility index (Phi) is 7.53. The third-order valence-corrected chi connectivity index (χ3v) is 6.15. The molecule has 1 aromatic heterocycles. The maximum Gasteiger partial charge on any atom is 0.191 e. The number of guanidine groups is 1. The molecule has 0 aliphatic carbocycles. The fourth-order valence-electron chi connectivity index (χ4n) is 4.59. The second-order valence-corrected chi connectivity index (χ2v) is 9.01. The summed E-state index contributed by atoms with van der Waals surface area (Å²) in [5.74, 6) is 2.41. The number of aliphatic imine (C=N–C) groups is 1. The van der Waals surface area contributed by atoms with Gasteiger partial charge < -0.3 is 10.6 Å². The fourth-order valence-corrected chi connectivity index (χ4v) is 4.59.